The van der Waals surface area contributed by atoms with Crippen molar-refractivity contribution in [3.05, 3.63) is 29.8 Å². The van der Waals surface area contributed by atoms with Crippen LogP contribution in [0, 0.1) is 0 Å². The van der Waals surface area contributed by atoms with Crippen LogP contribution in [0.25, 0.3) is 0 Å². The van der Waals surface area contributed by atoms with Crippen molar-refractivity contribution in [1.82, 2.24) is 0 Å². The molecule has 1 atom stereocenters. The monoisotopic (exact) mass is 219 g/mol. The first-order valence-corrected chi connectivity index (χ1v) is 5.75. The Morgan fingerprint density at radius 3 is 2.88 bits per heavy atom. The number of aliphatic hydroxyl groups is 1. The molecule has 0 fully saturated rings. The standard InChI is InChI=1S/C13H17NO2/c1-10(15)8-9-14-12-5-3-2-4-11(12)6-7-13(14)16/h2-5,10,15H,6-9H2,1H3. The van der Waals surface area contributed by atoms with Crippen molar-refractivity contribution < 1.29 is 9.90 Å². The minimum absolute atomic E-state index is 0.166. The van der Waals surface area contributed by atoms with Crippen LogP contribution in [0.15, 0.2) is 24.3 Å². The zero-order chi connectivity index (χ0) is 11.5. The van der Waals surface area contributed by atoms with Crippen LogP contribution < -0.4 is 4.90 Å². The summed E-state index contributed by atoms with van der Waals surface area (Å²) in [6, 6.07) is 8.00. The van der Waals surface area contributed by atoms with Crippen molar-refractivity contribution in [2.45, 2.75) is 32.3 Å². The van der Waals surface area contributed by atoms with Crippen molar-refractivity contribution >= 4 is 11.6 Å². The highest BCUT2D eigenvalue weighted by Gasteiger charge is 2.23. The van der Waals surface area contributed by atoms with Gasteiger partial charge in [-0.25, -0.2) is 0 Å². The smallest absolute Gasteiger partial charge is 0.227 e. The largest absolute Gasteiger partial charge is 0.393 e. The average Bonchev–Trinajstić information content (AvgIpc) is 2.27. The molecule has 0 aromatic heterocycles. The van der Waals surface area contributed by atoms with E-state index in [0.717, 1.165) is 12.1 Å². The van der Waals surface area contributed by atoms with Crippen molar-refractivity contribution in [1.29, 1.82) is 0 Å². The van der Waals surface area contributed by atoms with Gasteiger partial charge in [-0.05, 0) is 31.4 Å². The minimum atomic E-state index is -0.359. The summed E-state index contributed by atoms with van der Waals surface area (Å²) in [5, 5.41) is 9.28. The predicted molar refractivity (Wildman–Crippen MR) is 63.4 cm³/mol. The Hall–Kier alpha value is -1.35. The van der Waals surface area contributed by atoms with Crippen LogP contribution in [0.4, 0.5) is 5.69 Å². The number of aliphatic hydroxyl groups excluding tert-OH is 1. The van der Waals surface area contributed by atoms with E-state index >= 15 is 0 Å². The molecule has 86 valence electrons. The van der Waals surface area contributed by atoms with Gasteiger partial charge in [0.05, 0.1) is 6.10 Å². The molecule has 3 heteroatoms. The van der Waals surface area contributed by atoms with Crippen molar-refractivity contribution in [3.63, 3.8) is 0 Å². The minimum Gasteiger partial charge on any atom is -0.393 e. The number of hydrogen-bond donors (Lipinski definition) is 1. The Morgan fingerprint density at radius 2 is 2.12 bits per heavy atom. The molecule has 0 saturated carbocycles. The Labute approximate surface area is 95.7 Å². The maximum absolute atomic E-state index is 11.8. The second-order valence-corrected chi connectivity index (χ2v) is 4.31. The number of para-hydroxylation sites is 1. The van der Waals surface area contributed by atoms with Crippen LogP contribution in [0.5, 0.6) is 0 Å². The SMILES string of the molecule is CC(O)CCN1C(=O)CCc2ccccc21. The molecule has 0 aliphatic carbocycles. The molecule has 16 heavy (non-hydrogen) atoms. The lowest BCUT2D eigenvalue weighted by Crippen LogP contribution is -2.36. The average molecular weight is 219 g/mol. The first kappa shape index (κ1) is 11.1. The zero-order valence-corrected chi connectivity index (χ0v) is 9.52. The van der Waals surface area contributed by atoms with Gasteiger partial charge in [0.15, 0.2) is 0 Å². The van der Waals surface area contributed by atoms with Gasteiger partial charge < -0.3 is 10.0 Å². The lowest BCUT2D eigenvalue weighted by Gasteiger charge is -2.29. The number of fused-ring (bicyclic) bond motifs is 1. The molecule has 1 amide bonds. The second-order valence-electron chi connectivity index (χ2n) is 4.31. The Morgan fingerprint density at radius 1 is 1.38 bits per heavy atom. The van der Waals surface area contributed by atoms with Crippen LogP contribution >= 0.6 is 0 Å². The summed E-state index contributed by atoms with van der Waals surface area (Å²) in [6.45, 7) is 2.36. The van der Waals surface area contributed by atoms with Crippen LogP contribution in [0.2, 0.25) is 0 Å². The van der Waals surface area contributed by atoms with Gasteiger partial charge in [-0.2, -0.15) is 0 Å². The van der Waals surface area contributed by atoms with Gasteiger partial charge in [-0.15, -0.1) is 0 Å². The molecule has 0 radical (unpaired) electrons. The normalized spacial score (nSPS) is 17.1. The predicted octanol–water partition coefficient (Wildman–Crippen LogP) is 1.74. The van der Waals surface area contributed by atoms with E-state index in [9.17, 15) is 9.90 Å². The highest BCUT2D eigenvalue weighted by atomic mass is 16.3. The maximum Gasteiger partial charge on any atom is 0.227 e. The number of benzene rings is 1. The molecule has 1 unspecified atom stereocenters. The van der Waals surface area contributed by atoms with Crippen molar-refractivity contribution in [3.8, 4) is 0 Å². The molecule has 0 spiro atoms. The number of anilines is 1. The third-order valence-corrected chi connectivity index (χ3v) is 2.96. The number of aryl methyl sites for hydroxylation is 1. The Kier molecular flexibility index (Phi) is 3.25. The summed E-state index contributed by atoms with van der Waals surface area (Å²) in [5.74, 6) is 0.166. The van der Waals surface area contributed by atoms with Crippen LogP contribution in [-0.4, -0.2) is 23.7 Å². The third-order valence-electron chi connectivity index (χ3n) is 2.96. The summed E-state index contributed by atoms with van der Waals surface area (Å²) in [6.07, 6.45) is 1.68. The number of carbonyl (C=O) groups is 1. The van der Waals surface area contributed by atoms with E-state index in [2.05, 4.69) is 6.07 Å². The Bertz CT molecular complexity index is 387. The highest BCUT2D eigenvalue weighted by Crippen LogP contribution is 2.27. The summed E-state index contributed by atoms with van der Waals surface area (Å²) >= 11 is 0. The number of nitrogens with zero attached hydrogens (tertiary/aromatic N) is 1. The van der Waals surface area contributed by atoms with E-state index in [1.165, 1.54) is 5.56 Å². The van der Waals surface area contributed by atoms with Crippen LogP contribution in [-0.2, 0) is 11.2 Å². The topological polar surface area (TPSA) is 40.5 Å². The molecule has 1 N–H and O–H groups in total. The van der Waals surface area contributed by atoms with Gasteiger partial charge >= 0.3 is 0 Å². The summed E-state index contributed by atoms with van der Waals surface area (Å²) in [5.41, 5.74) is 2.24. The summed E-state index contributed by atoms with van der Waals surface area (Å²) < 4.78 is 0. The number of hydrogen-bond acceptors (Lipinski definition) is 2. The van der Waals surface area contributed by atoms with E-state index in [4.69, 9.17) is 0 Å². The van der Waals surface area contributed by atoms with Crippen molar-refractivity contribution in [2.75, 3.05) is 11.4 Å². The fraction of sp³-hybridized carbons (Fsp3) is 0.462. The molecule has 1 aromatic rings. The molecular formula is C13H17NO2. The highest BCUT2D eigenvalue weighted by molar-refractivity contribution is 5.96. The molecule has 1 aromatic carbocycles. The first-order valence-electron chi connectivity index (χ1n) is 5.75. The van der Waals surface area contributed by atoms with E-state index in [-0.39, 0.29) is 12.0 Å². The van der Waals surface area contributed by atoms with E-state index in [1.807, 2.05) is 18.2 Å². The number of amides is 1. The van der Waals surface area contributed by atoms with Gasteiger partial charge in [0.1, 0.15) is 0 Å². The van der Waals surface area contributed by atoms with Gasteiger partial charge in [-0.1, -0.05) is 18.2 Å². The van der Waals surface area contributed by atoms with Crippen molar-refractivity contribution in [2.24, 2.45) is 0 Å². The molecular weight excluding hydrogens is 202 g/mol. The molecule has 1 aliphatic heterocycles. The second kappa shape index (κ2) is 4.66. The molecule has 0 bridgehead atoms. The third kappa shape index (κ3) is 2.25. The summed E-state index contributed by atoms with van der Waals surface area (Å²) in [4.78, 5) is 13.6. The first-order chi connectivity index (χ1) is 7.68. The van der Waals surface area contributed by atoms with E-state index in [0.29, 0.717) is 19.4 Å². The fourth-order valence-corrected chi connectivity index (χ4v) is 2.06. The van der Waals surface area contributed by atoms with E-state index < -0.39 is 0 Å². The van der Waals surface area contributed by atoms with Gasteiger partial charge in [0.25, 0.3) is 0 Å². The molecule has 2 rings (SSSR count). The lowest BCUT2D eigenvalue weighted by molar-refractivity contribution is -0.118. The van der Waals surface area contributed by atoms with E-state index in [1.54, 1.807) is 11.8 Å². The zero-order valence-electron chi connectivity index (χ0n) is 9.52. The number of rotatable bonds is 3. The van der Waals surface area contributed by atoms with Gasteiger partial charge in [-0.3, -0.25) is 4.79 Å². The number of carbonyl (C=O) groups excluding carboxylic acids is 1. The Balaban J connectivity index is 2.19. The maximum atomic E-state index is 11.8. The molecule has 1 heterocycles. The van der Waals surface area contributed by atoms with Crippen LogP contribution in [0.3, 0.4) is 0 Å². The van der Waals surface area contributed by atoms with Gasteiger partial charge in [0, 0.05) is 18.7 Å². The lowest BCUT2D eigenvalue weighted by atomic mass is 10.0. The fourth-order valence-electron chi connectivity index (χ4n) is 2.06. The van der Waals surface area contributed by atoms with Crippen LogP contribution in [0.1, 0.15) is 25.3 Å². The quantitative estimate of drug-likeness (QED) is 0.841. The van der Waals surface area contributed by atoms with Gasteiger partial charge in [0.2, 0.25) is 5.91 Å². The molecule has 1 aliphatic rings. The molecule has 0 saturated heterocycles. The molecule has 3 nitrogen and oxygen atoms in total. The summed E-state index contributed by atoms with van der Waals surface area (Å²) in [7, 11) is 0.